The minimum Gasteiger partial charge on any atom is -0.454 e. The summed E-state index contributed by atoms with van der Waals surface area (Å²) in [5.41, 5.74) is 1.62. The topological polar surface area (TPSA) is 70.4 Å². The molecular formula is C21H18N2O4S2. The summed E-state index contributed by atoms with van der Waals surface area (Å²) in [6.07, 6.45) is 3.95. The number of Topliss-reactive ketones (excluding diaryl/α,β-unsaturated/α-hetero) is 1. The summed E-state index contributed by atoms with van der Waals surface area (Å²) >= 11 is 2.78. The molecule has 0 spiro atoms. The van der Waals surface area contributed by atoms with Gasteiger partial charge in [0.05, 0.1) is 11.1 Å². The van der Waals surface area contributed by atoms with Crippen LogP contribution in [-0.2, 0) is 6.54 Å². The van der Waals surface area contributed by atoms with Crippen LogP contribution in [-0.4, -0.2) is 27.9 Å². The molecule has 0 atom stereocenters. The Morgan fingerprint density at radius 2 is 2.17 bits per heavy atom. The fourth-order valence-corrected chi connectivity index (χ4v) is 5.37. The molecule has 0 unspecified atom stereocenters. The van der Waals surface area contributed by atoms with Gasteiger partial charge in [-0.05, 0) is 47.9 Å². The van der Waals surface area contributed by atoms with E-state index in [0.717, 1.165) is 28.6 Å². The molecule has 0 radical (unpaired) electrons. The molecule has 5 rings (SSSR count). The van der Waals surface area contributed by atoms with E-state index < -0.39 is 0 Å². The number of carbonyl (C=O) groups is 1. The second-order valence-electron chi connectivity index (χ2n) is 7.02. The fourth-order valence-electron chi connectivity index (χ4n) is 3.41. The van der Waals surface area contributed by atoms with Crippen molar-refractivity contribution in [3.8, 4) is 11.5 Å². The summed E-state index contributed by atoms with van der Waals surface area (Å²) in [4.78, 5) is 31.3. The van der Waals surface area contributed by atoms with Gasteiger partial charge in [-0.1, -0.05) is 17.8 Å². The van der Waals surface area contributed by atoms with Gasteiger partial charge in [-0.3, -0.25) is 14.2 Å². The number of nitrogens with zero attached hydrogens (tertiary/aromatic N) is 2. The predicted octanol–water partition coefficient (Wildman–Crippen LogP) is 4.23. The average molecular weight is 427 g/mol. The first-order valence-electron chi connectivity index (χ1n) is 9.34. The Hall–Kier alpha value is -2.58. The molecule has 1 fully saturated rings. The minimum atomic E-state index is -0.0577. The van der Waals surface area contributed by atoms with E-state index in [1.54, 1.807) is 28.8 Å². The zero-order valence-corrected chi connectivity index (χ0v) is 17.2. The van der Waals surface area contributed by atoms with Gasteiger partial charge in [0.25, 0.3) is 5.56 Å². The lowest BCUT2D eigenvalue weighted by Crippen LogP contribution is -2.23. The van der Waals surface area contributed by atoms with Gasteiger partial charge in [-0.2, -0.15) is 0 Å². The zero-order chi connectivity index (χ0) is 20.0. The Kier molecular flexibility index (Phi) is 4.67. The number of hydrogen-bond acceptors (Lipinski definition) is 7. The van der Waals surface area contributed by atoms with Crippen LogP contribution in [0.25, 0.3) is 10.2 Å². The van der Waals surface area contributed by atoms with Gasteiger partial charge < -0.3 is 9.47 Å². The highest BCUT2D eigenvalue weighted by Gasteiger charge is 2.29. The first-order valence-corrected chi connectivity index (χ1v) is 11.2. The predicted molar refractivity (Wildman–Crippen MR) is 114 cm³/mol. The van der Waals surface area contributed by atoms with Gasteiger partial charge in [0, 0.05) is 12.1 Å². The lowest BCUT2D eigenvalue weighted by molar-refractivity contribution is 0.102. The van der Waals surface area contributed by atoms with E-state index in [1.807, 2.05) is 0 Å². The Labute approximate surface area is 175 Å². The monoisotopic (exact) mass is 426 g/mol. The third-order valence-corrected chi connectivity index (χ3v) is 6.91. The van der Waals surface area contributed by atoms with Crippen LogP contribution >= 0.6 is 23.1 Å². The van der Waals surface area contributed by atoms with Gasteiger partial charge in [0.1, 0.15) is 4.83 Å². The molecule has 2 aliphatic rings. The molecule has 1 aromatic carbocycles. The first kappa shape index (κ1) is 18.4. The van der Waals surface area contributed by atoms with Crippen molar-refractivity contribution in [3.05, 3.63) is 57.7 Å². The van der Waals surface area contributed by atoms with Crippen LogP contribution in [0.3, 0.4) is 0 Å². The number of benzene rings is 1. The summed E-state index contributed by atoms with van der Waals surface area (Å²) in [6, 6.07) is 5.16. The van der Waals surface area contributed by atoms with Gasteiger partial charge in [-0.15, -0.1) is 17.9 Å². The number of hydrogen-bond donors (Lipinski definition) is 0. The van der Waals surface area contributed by atoms with E-state index >= 15 is 0 Å². The molecule has 1 aliphatic heterocycles. The number of ketones is 1. The Morgan fingerprint density at radius 1 is 1.34 bits per heavy atom. The lowest BCUT2D eigenvalue weighted by Gasteiger charge is -2.10. The normalized spacial score (nSPS) is 15.0. The number of rotatable bonds is 7. The van der Waals surface area contributed by atoms with Crippen LogP contribution in [0, 0.1) is 0 Å². The van der Waals surface area contributed by atoms with E-state index in [-0.39, 0.29) is 23.9 Å². The van der Waals surface area contributed by atoms with Crippen LogP contribution in [0.15, 0.2) is 46.2 Å². The first-order chi connectivity index (χ1) is 14.2. The quantitative estimate of drug-likeness (QED) is 0.244. The molecule has 2 aromatic heterocycles. The van der Waals surface area contributed by atoms with Crippen molar-refractivity contribution in [2.75, 3.05) is 12.5 Å². The minimum absolute atomic E-state index is 0.0453. The summed E-state index contributed by atoms with van der Waals surface area (Å²) in [7, 11) is 0. The van der Waals surface area contributed by atoms with Crippen LogP contribution in [0.1, 0.15) is 34.7 Å². The van der Waals surface area contributed by atoms with Crippen LogP contribution in [0.4, 0.5) is 0 Å². The molecule has 148 valence electrons. The highest BCUT2D eigenvalue weighted by molar-refractivity contribution is 7.99. The van der Waals surface area contributed by atoms with Gasteiger partial charge >= 0.3 is 0 Å². The average Bonchev–Trinajstić information content (AvgIpc) is 3.30. The Balaban J connectivity index is 1.43. The van der Waals surface area contributed by atoms with Gasteiger partial charge in [0.2, 0.25) is 6.79 Å². The van der Waals surface area contributed by atoms with Crippen LogP contribution < -0.4 is 15.0 Å². The maximum atomic E-state index is 13.1. The van der Waals surface area contributed by atoms with Crippen molar-refractivity contribution in [2.24, 2.45) is 0 Å². The fraction of sp³-hybridized carbons (Fsp3) is 0.286. The number of allylic oxidation sites excluding steroid dienone is 1. The van der Waals surface area contributed by atoms with Crippen molar-refractivity contribution in [1.82, 2.24) is 9.55 Å². The molecule has 0 saturated heterocycles. The van der Waals surface area contributed by atoms with E-state index in [1.165, 1.54) is 23.1 Å². The maximum Gasteiger partial charge on any atom is 0.263 e. The van der Waals surface area contributed by atoms with E-state index in [0.29, 0.717) is 34.7 Å². The molecule has 3 aromatic rings. The van der Waals surface area contributed by atoms with Gasteiger partial charge in [0.15, 0.2) is 22.4 Å². The SMILES string of the molecule is C=CCn1c(SCC(=O)c2ccc3c(c2)OCO3)nc2scc(C3CC3)c2c1=O. The molecule has 0 N–H and O–H groups in total. The van der Waals surface area contributed by atoms with E-state index in [2.05, 4.69) is 12.0 Å². The van der Waals surface area contributed by atoms with E-state index in [4.69, 9.17) is 14.5 Å². The number of thioether (sulfide) groups is 1. The molecule has 3 heterocycles. The summed E-state index contributed by atoms with van der Waals surface area (Å²) in [5, 5.41) is 3.33. The molecule has 1 saturated carbocycles. The van der Waals surface area contributed by atoms with Crippen LogP contribution in [0.5, 0.6) is 11.5 Å². The Bertz CT molecular complexity index is 1190. The van der Waals surface area contributed by atoms with Crippen molar-refractivity contribution < 1.29 is 14.3 Å². The van der Waals surface area contributed by atoms with Gasteiger partial charge in [-0.25, -0.2) is 4.98 Å². The zero-order valence-electron chi connectivity index (χ0n) is 15.6. The van der Waals surface area contributed by atoms with E-state index in [9.17, 15) is 9.59 Å². The number of fused-ring (bicyclic) bond motifs is 2. The molecular weight excluding hydrogens is 408 g/mol. The summed E-state index contributed by atoms with van der Waals surface area (Å²) in [6.45, 7) is 4.30. The van der Waals surface area contributed by atoms with Crippen molar-refractivity contribution in [3.63, 3.8) is 0 Å². The molecule has 6 nitrogen and oxygen atoms in total. The number of thiophene rings is 1. The third kappa shape index (κ3) is 3.36. The summed E-state index contributed by atoms with van der Waals surface area (Å²) in [5.74, 6) is 1.83. The molecule has 1 aliphatic carbocycles. The molecule has 8 heteroatoms. The molecule has 0 bridgehead atoms. The highest BCUT2D eigenvalue weighted by Crippen LogP contribution is 2.44. The largest absolute Gasteiger partial charge is 0.454 e. The Morgan fingerprint density at radius 3 is 2.97 bits per heavy atom. The molecule has 0 amide bonds. The number of ether oxygens (including phenoxy) is 2. The lowest BCUT2D eigenvalue weighted by atomic mass is 10.1. The number of aromatic nitrogens is 2. The van der Waals surface area contributed by atoms with Crippen molar-refractivity contribution in [1.29, 1.82) is 0 Å². The highest BCUT2D eigenvalue weighted by atomic mass is 32.2. The standard InChI is InChI=1S/C21H18N2O4S2/c1-2-7-23-20(25)18-14(12-3-4-12)9-28-19(18)22-21(23)29-10-15(24)13-5-6-16-17(8-13)27-11-26-16/h2,5-6,8-9,12H,1,3-4,7,10-11H2. The van der Waals surface area contributed by atoms with Crippen molar-refractivity contribution in [2.45, 2.75) is 30.5 Å². The third-order valence-electron chi connectivity index (χ3n) is 5.04. The second-order valence-corrected chi connectivity index (χ2v) is 8.82. The molecule has 29 heavy (non-hydrogen) atoms. The second kappa shape index (κ2) is 7.35. The smallest absolute Gasteiger partial charge is 0.263 e. The summed E-state index contributed by atoms with van der Waals surface area (Å²) < 4.78 is 12.2. The number of carbonyl (C=O) groups excluding carboxylic acids is 1. The van der Waals surface area contributed by atoms with Crippen LogP contribution in [0.2, 0.25) is 0 Å². The maximum absolute atomic E-state index is 13.1. The van der Waals surface area contributed by atoms with Crippen molar-refractivity contribution >= 4 is 39.1 Å².